The van der Waals surface area contributed by atoms with Crippen molar-refractivity contribution in [1.82, 2.24) is 10.6 Å². The molecule has 0 heterocycles. The normalized spacial score (nSPS) is 11.0. The monoisotopic (exact) mass is 576 g/mol. The molecule has 42 heavy (non-hydrogen) atoms. The minimum absolute atomic E-state index is 0.112. The Hall–Kier alpha value is -4.20. The number of unbranched alkanes of at least 4 members (excludes halogenated alkanes) is 9. The van der Waals surface area contributed by atoms with E-state index < -0.39 is 0 Å². The number of hydrogen-bond donors (Lipinski definition) is 2. The van der Waals surface area contributed by atoms with E-state index in [9.17, 15) is 19.2 Å². The van der Waals surface area contributed by atoms with Gasteiger partial charge in [-0.05, 0) is 60.4 Å². The molecule has 2 aromatic rings. The van der Waals surface area contributed by atoms with Crippen LogP contribution in [0, 0.1) is 0 Å². The van der Waals surface area contributed by atoms with Gasteiger partial charge in [0.25, 0.3) is 0 Å². The molecule has 2 amide bonds. The number of carbonyl (C=O) groups excluding carboxylic acids is 4. The molecule has 2 rings (SSSR count). The first kappa shape index (κ1) is 34.0. The average Bonchev–Trinajstić information content (AvgIpc) is 2.96. The molecule has 0 saturated carbocycles. The van der Waals surface area contributed by atoms with E-state index in [4.69, 9.17) is 9.47 Å². The highest BCUT2D eigenvalue weighted by molar-refractivity contribution is 5.92. The van der Waals surface area contributed by atoms with Crippen molar-refractivity contribution < 1.29 is 28.7 Å². The van der Waals surface area contributed by atoms with Crippen molar-refractivity contribution in [3.8, 4) is 11.5 Å². The van der Waals surface area contributed by atoms with Gasteiger partial charge in [0.2, 0.25) is 11.8 Å². The van der Waals surface area contributed by atoms with Crippen LogP contribution in [-0.4, -0.2) is 36.8 Å². The molecule has 0 aliphatic rings. The van der Waals surface area contributed by atoms with Crippen LogP contribution in [-0.2, 0) is 19.2 Å². The Morgan fingerprint density at radius 3 is 1.14 bits per heavy atom. The summed E-state index contributed by atoms with van der Waals surface area (Å²) in [4.78, 5) is 45.9. The summed E-state index contributed by atoms with van der Waals surface area (Å²) >= 11 is 0. The van der Waals surface area contributed by atoms with E-state index in [0.717, 1.165) is 36.8 Å². The first-order chi connectivity index (χ1) is 20.3. The maximum Gasteiger partial charge on any atom is 0.308 e. The number of ether oxygens (including phenoxy) is 2. The number of nitrogens with one attached hydrogen (secondary N) is 2. The Labute approximate surface area is 249 Å². The molecule has 0 spiro atoms. The highest BCUT2D eigenvalue weighted by atomic mass is 16.5. The second kappa shape index (κ2) is 20.6. The molecule has 0 aromatic heterocycles. The van der Waals surface area contributed by atoms with Gasteiger partial charge in [-0.15, -0.1) is 0 Å². The number of benzene rings is 2. The molecule has 0 bridgehead atoms. The highest BCUT2D eigenvalue weighted by Gasteiger charge is 2.00. The van der Waals surface area contributed by atoms with Crippen molar-refractivity contribution in [3.05, 3.63) is 71.8 Å². The van der Waals surface area contributed by atoms with Gasteiger partial charge < -0.3 is 20.1 Å². The van der Waals surface area contributed by atoms with Crippen molar-refractivity contribution in [2.45, 2.75) is 78.1 Å². The largest absolute Gasteiger partial charge is 0.427 e. The van der Waals surface area contributed by atoms with E-state index in [0.29, 0.717) is 24.6 Å². The van der Waals surface area contributed by atoms with Gasteiger partial charge in [-0.25, -0.2) is 0 Å². The molecule has 0 radical (unpaired) electrons. The second-order valence-electron chi connectivity index (χ2n) is 10.1. The molecule has 0 aliphatic heterocycles. The fourth-order valence-corrected chi connectivity index (χ4v) is 4.17. The first-order valence-corrected chi connectivity index (χ1v) is 14.8. The Morgan fingerprint density at radius 1 is 0.524 bits per heavy atom. The van der Waals surface area contributed by atoms with E-state index in [1.165, 1.54) is 64.5 Å². The number of hydrogen-bond acceptors (Lipinski definition) is 6. The lowest BCUT2D eigenvalue weighted by molar-refractivity contribution is -0.132. The average molecular weight is 577 g/mol. The van der Waals surface area contributed by atoms with Crippen LogP contribution in [0.15, 0.2) is 60.7 Å². The van der Waals surface area contributed by atoms with Crippen LogP contribution in [0.25, 0.3) is 12.2 Å². The van der Waals surface area contributed by atoms with Crippen LogP contribution >= 0.6 is 0 Å². The Bertz CT molecular complexity index is 1080. The predicted octanol–water partition coefficient (Wildman–Crippen LogP) is 6.40. The Balaban J connectivity index is 1.38. The summed E-state index contributed by atoms with van der Waals surface area (Å²) in [5.74, 6) is 0.0188. The van der Waals surface area contributed by atoms with Crippen LogP contribution < -0.4 is 20.1 Å². The SMILES string of the molecule is CC(=O)Oc1ccc(/C=C/C(=O)NCCCCCCCCCCCCNC(=O)/C=C/c2ccc(OC(C)=O)cc2)cc1. The summed E-state index contributed by atoms with van der Waals surface area (Å²) in [6.45, 7) is 4.06. The van der Waals surface area contributed by atoms with Crippen molar-refractivity contribution >= 4 is 35.9 Å². The minimum Gasteiger partial charge on any atom is -0.427 e. The zero-order valence-corrected chi connectivity index (χ0v) is 24.9. The second-order valence-corrected chi connectivity index (χ2v) is 10.1. The fraction of sp³-hybridized carbons (Fsp3) is 0.412. The van der Waals surface area contributed by atoms with Gasteiger partial charge in [0.1, 0.15) is 11.5 Å². The van der Waals surface area contributed by atoms with Gasteiger partial charge in [-0.3, -0.25) is 19.2 Å². The Morgan fingerprint density at radius 2 is 0.833 bits per heavy atom. The zero-order valence-electron chi connectivity index (χ0n) is 24.9. The summed E-state index contributed by atoms with van der Waals surface area (Å²) in [7, 11) is 0. The number of esters is 2. The zero-order chi connectivity index (χ0) is 30.4. The van der Waals surface area contributed by atoms with Crippen LogP contribution in [0.3, 0.4) is 0 Å². The molecule has 2 N–H and O–H groups in total. The maximum absolute atomic E-state index is 12.0. The smallest absolute Gasteiger partial charge is 0.308 e. The van der Waals surface area contributed by atoms with Crippen LogP contribution in [0.5, 0.6) is 11.5 Å². The summed E-state index contributed by atoms with van der Waals surface area (Å²) < 4.78 is 9.99. The summed E-state index contributed by atoms with van der Waals surface area (Å²) in [6, 6.07) is 14.0. The number of rotatable bonds is 19. The fourth-order valence-electron chi connectivity index (χ4n) is 4.17. The molecular weight excluding hydrogens is 532 g/mol. The predicted molar refractivity (Wildman–Crippen MR) is 166 cm³/mol. The van der Waals surface area contributed by atoms with E-state index >= 15 is 0 Å². The third-order valence-electron chi connectivity index (χ3n) is 6.34. The molecule has 0 unspecified atom stereocenters. The van der Waals surface area contributed by atoms with Crippen molar-refractivity contribution in [3.63, 3.8) is 0 Å². The number of carbonyl (C=O) groups is 4. The topological polar surface area (TPSA) is 111 Å². The standard InChI is InChI=1S/C34H44N2O6/c1-27(37)41-31-19-13-29(14-20-31)17-23-33(39)35-25-11-9-7-5-3-4-6-8-10-12-26-36-34(40)24-18-30-15-21-32(22-16-30)42-28(2)38/h13-24H,3-12,25-26H2,1-2H3,(H,35,39)(H,36,40)/b23-17+,24-18+. The molecule has 8 heteroatoms. The molecule has 0 saturated heterocycles. The van der Waals surface area contributed by atoms with Gasteiger partial charge >= 0.3 is 11.9 Å². The summed E-state index contributed by atoms with van der Waals surface area (Å²) in [6.07, 6.45) is 17.9. The van der Waals surface area contributed by atoms with E-state index in [1.807, 2.05) is 0 Å². The molecule has 0 atom stereocenters. The molecule has 226 valence electrons. The molecule has 0 aliphatic carbocycles. The lowest BCUT2D eigenvalue weighted by Crippen LogP contribution is -2.21. The van der Waals surface area contributed by atoms with Crippen molar-refractivity contribution in [2.75, 3.05) is 13.1 Å². The van der Waals surface area contributed by atoms with Crippen LogP contribution in [0.2, 0.25) is 0 Å². The lowest BCUT2D eigenvalue weighted by atomic mass is 10.1. The lowest BCUT2D eigenvalue weighted by Gasteiger charge is -2.05. The molecule has 8 nitrogen and oxygen atoms in total. The summed E-state index contributed by atoms with van der Waals surface area (Å²) in [5.41, 5.74) is 1.72. The maximum atomic E-state index is 12.0. The quantitative estimate of drug-likeness (QED) is 0.0867. The van der Waals surface area contributed by atoms with E-state index in [1.54, 1.807) is 60.7 Å². The first-order valence-electron chi connectivity index (χ1n) is 14.8. The third-order valence-corrected chi connectivity index (χ3v) is 6.34. The van der Waals surface area contributed by atoms with Gasteiger partial charge in [0.15, 0.2) is 0 Å². The molecule has 2 aromatic carbocycles. The number of amides is 2. The molecule has 0 fully saturated rings. The minimum atomic E-state index is -0.362. The van der Waals surface area contributed by atoms with Gasteiger partial charge in [-0.2, -0.15) is 0 Å². The van der Waals surface area contributed by atoms with E-state index in [-0.39, 0.29) is 23.8 Å². The van der Waals surface area contributed by atoms with Gasteiger partial charge in [0, 0.05) is 39.1 Å². The van der Waals surface area contributed by atoms with E-state index in [2.05, 4.69) is 10.6 Å². The third kappa shape index (κ3) is 16.8. The van der Waals surface area contributed by atoms with Gasteiger partial charge in [0.05, 0.1) is 0 Å². The van der Waals surface area contributed by atoms with Crippen LogP contribution in [0.1, 0.15) is 89.2 Å². The van der Waals surface area contributed by atoms with Crippen LogP contribution in [0.4, 0.5) is 0 Å². The van der Waals surface area contributed by atoms with Crippen molar-refractivity contribution in [2.24, 2.45) is 0 Å². The van der Waals surface area contributed by atoms with Crippen molar-refractivity contribution in [1.29, 1.82) is 0 Å². The van der Waals surface area contributed by atoms with Gasteiger partial charge in [-0.1, -0.05) is 75.6 Å². The Kier molecular flexibility index (Phi) is 16.7. The molecular formula is C34H44N2O6. The summed E-state index contributed by atoms with van der Waals surface area (Å²) in [5, 5.41) is 5.83. The highest BCUT2D eigenvalue weighted by Crippen LogP contribution is 2.15.